The van der Waals surface area contributed by atoms with Crippen LogP contribution in [0.2, 0.25) is 0 Å². The van der Waals surface area contributed by atoms with E-state index in [1.54, 1.807) is 24.3 Å². The van der Waals surface area contributed by atoms with Crippen molar-refractivity contribution < 1.29 is 43.1 Å². The van der Waals surface area contributed by atoms with Crippen LogP contribution in [0, 0.1) is 5.92 Å². The summed E-state index contributed by atoms with van der Waals surface area (Å²) in [5.74, 6) is -3.49. The average molecular weight is 718 g/mol. The number of methoxy groups -OCH3 is 2. The predicted molar refractivity (Wildman–Crippen MR) is 191 cm³/mol. The molecule has 0 spiro atoms. The molecule has 0 radical (unpaired) electrons. The van der Waals surface area contributed by atoms with Crippen LogP contribution in [0.5, 0.6) is 0 Å². The molecule has 0 aliphatic rings. The van der Waals surface area contributed by atoms with Crippen molar-refractivity contribution in [1.82, 2.24) is 26.0 Å². The van der Waals surface area contributed by atoms with Crippen molar-refractivity contribution in [2.24, 2.45) is 5.92 Å². The zero-order chi connectivity index (χ0) is 37.9. The van der Waals surface area contributed by atoms with Gasteiger partial charge in [-0.25, -0.2) is 14.8 Å². The highest BCUT2D eigenvalue weighted by Crippen LogP contribution is 2.23. The number of nitrogens with one attached hydrogen (secondary N) is 3. The van der Waals surface area contributed by atoms with Gasteiger partial charge >= 0.3 is 11.9 Å². The molecule has 14 nitrogen and oxygen atoms in total. The minimum Gasteiger partial charge on any atom is -0.469 e. The van der Waals surface area contributed by atoms with E-state index < -0.39 is 48.2 Å². The molecule has 0 fully saturated rings. The molecule has 3 aromatic rings. The average Bonchev–Trinajstić information content (AvgIpc) is 3.18. The van der Waals surface area contributed by atoms with E-state index >= 15 is 0 Å². The van der Waals surface area contributed by atoms with Gasteiger partial charge in [0.05, 0.1) is 45.0 Å². The van der Waals surface area contributed by atoms with Gasteiger partial charge in [0.25, 0.3) is 11.8 Å². The summed E-state index contributed by atoms with van der Waals surface area (Å²) in [6, 6.07) is 18.9. The first-order valence-electron chi connectivity index (χ1n) is 17.1. The number of amides is 4. The zero-order valence-electron chi connectivity index (χ0n) is 30.0. The minimum absolute atomic E-state index is 0.102. The summed E-state index contributed by atoms with van der Waals surface area (Å²) in [4.78, 5) is 85.4. The van der Waals surface area contributed by atoms with Crippen LogP contribution >= 0.6 is 0 Å². The van der Waals surface area contributed by atoms with Crippen LogP contribution in [0.1, 0.15) is 78.8 Å². The van der Waals surface area contributed by atoms with Gasteiger partial charge in [0.2, 0.25) is 12.3 Å². The Morgan fingerprint density at radius 2 is 1.58 bits per heavy atom. The van der Waals surface area contributed by atoms with Crippen molar-refractivity contribution in [3.63, 3.8) is 0 Å². The van der Waals surface area contributed by atoms with E-state index in [-0.39, 0.29) is 30.4 Å². The zero-order valence-corrected chi connectivity index (χ0v) is 30.0. The topological polar surface area (TPSA) is 182 Å². The molecule has 0 saturated heterocycles. The van der Waals surface area contributed by atoms with Crippen LogP contribution in [0.4, 0.5) is 0 Å². The third-order valence-electron chi connectivity index (χ3n) is 8.32. The highest BCUT2D eigenvalue weighted by molar-refractivity contribution is 5.98. The number of carbonyl (C=O) groups excluding carboxylic acids is 6. The summed E-state index contributed by atoms with van der Waals surface area (Å²) in [7, 11) is 2.32. The number of benzene rings is 2. The second-order valence-electron chi connectivity index (χ2n) is 11.8. The summed E-state index contributed by atoms with van der Waals surface area (Å²) in [5.41, 5.74) is 2.26. The normalized spacial score (nSPS) is 12.4. The van der Waals surface area contributed by atoms with E-state index in [0.717, 1.165) is 31.9 Å². The fourth-order valence-corrected chi connectivity index (χ4v) is 5.46. The molecule has 278 valence electrons. The Bertz CT molecular complexity index is 1640. The predicted octanol–water partition coefficient (Wildman–Crippen LogP) is 3.95. The maximum Gasteiger partial charge on any atom is 0.328 e. The summed E-state index contributed by atoms with van der Waals surface area (Å²) in [5, 5.41) is 9.16. The molecule has 3 unspecified atom stereocenters. The lowest BCUT2D eigenvalue weighted by Gasteiger charge is -2.32. The molecule has 4 amide bonds. The number of hydrogen-bond acceptors (Lipinski definition) is 10. The smallest absolute Gasteiger partial charge is 0.328 e. The molecule has 0 bridgehead atoms. The number of hydrogen-bond donors (Lipinski definition) is 3. The van der Waals surface area contributed by atoms with Crippen LogP contribution in [-0.2, 0) is 40.1 Å². The number of ether oxygens (including phenoxy) is 2. The van der Waals surface area contributed by atoms with Crippen molar-refractivity contribution in [1.29, 1.82) is 0 Å². The summed E-state index contributed by atoms with van der Waals surface area (Å²) < 4.78 is 9.26. The van der Waals surface area contributed by atoms with Crippen LogP contribution in [0.3, 0.4) is 0 Å². The molecule has 1 heterocycles. The number of esters is 2. The lowest BCUT2D eigenvalue weighted by Crippen LogP contribution is -2.48. The summed E-state index contributed by atoms with van der Waals surface area (Å²) in [6.45, 7) is 3.98. The summed E-state index contributed by atoms with van der Waals surface area (Å²) in [6.07, 6.45) is 3.91. The molecule has 3 atom stereocenters. The van der Waals surface area contributed by atoms with E-state index in [0.29, 0.717) is 30.5 Å². The fraction of sp³-hybridized carbons (Fsp3) is 0.395. The van der Waals surface area contributed by atoms with E-state index in [1.165, 1.54) is 30.4 Å². The third-order valence-corrected chi connectivity index (χ3v) is 8.32. The first-order chi connectivity index (χ1) is 25.1. The van der Waals surface area contributed by atoms with Gasteiger partial charge in [0.15, 0.2) is 0 Å². The number of unbranched alkanes of at least 4 members (excludes halogenated alkanes) is 2. The van der Waals surface area contributed by atoms with E-state index in [2.05, 4.69) is 37.3 Å². The molecule has 1 aromatic heterocycles. The Morgan fingerprint density at radius 1 is 0.846 bits per heavy atom. The number of nitrogens with zero attached hydrogens (tertiary/aromatic N) is 2. The molecular formula is C38H47N5O9. The number of aromatic nitrogens is 1. The molecule has 52 heavy (non-hydrogen) atoms. The molecule has 0 aliphatic carbocycles. The van der Waals surface area contributed by atoms with Gasteiger partial charge in [-0.15, -0.1) is 0 Å². The second kappa shape index (κ2) is 21.6. The van der Waals surface area contributed by atoms with Gasteiger partial charge in [0.1, 0.15) is 18.3 Å². The van der Waals surface area contributed by atoms with Crippen LogP contribution in [0.25, 0.3) is 11.3 Å². The number of pyridine rings is 1. The number of hydroxylamine groups is 2. The highest BCUT2D eigenvalue weighted by atomic mass is 16.7. The molecule has 3 N–H and O–H groups in total. The van der Waals surface area contributed by atoms with Crippen molar-refractivity contribution in [3.8, 4) is 11.3 Å². The van der Waals surface area contributed by atoms with E-state index in [1.807, 2.05) is 37.3 Å². The Morgan fingerprint density at radius 3 is 2.21 bits per heavy atom. The summed E-state index contributed by atoms with van der Waals surface area (Å²) >= 11 is 0. The van der Waals surface area contributed by atoms with Gasteiger partial charge in [-0.2, -0.15) is 0 Å². The van der Waals surface area contributed by atoms with Crippen molar-refractivity contribution >= 4 is 36.1 Å². The second-order valence-corrected chi connectivity index (χ2v) is 11.8. The van der Waals surface area contributed by atoms with Gasteiger partial charge in [0, 0.05) is 11.1 Å². The Balaban J connectivity index is 1.63. The largest absolute Gasteiger partial charge is 0.469 e. The Kier molecular flexibility index (Phi) is 16.9. The van der Waals surface area contributed by atoms with Gasteiger partial charge < -0.3 is 25.4 Å². The van der Waals surface area contributed by atoms with Gasteiger partial charge in [-0.3, -0.25) is 28.8 Å². The first kappa shape index (κ1) is 40.8. The lowest BCUT2D eigenvalue weighted by molar-refractivity contribution is -0.200. The number of rotatable bonds is 21. The van der Waals surface area contributed by atoms with Crippen molar-refractivity contribution in [2.45, 2.75) is 71.1 Å². The third kappa shape index (κ3) is 12.3. The molecule has 0 saturated carbocycles. The standard InChI is InChI=1S/C38H47N5O9/c1-5-7-9-15-29(33(6-2)43(25-44)52-23-26-13-10-8-11-14-26)36(47)39-24-40-37(48)31-17-12-16-30(41-31)27-18-20-28(21-19-27)35(46)42-32(38(49)51-4)22-34(45)50-3/h8,10-14,16-21,25,29,32-33H,5-7,9,15,22-24H2,1-4H3,(H,39,47)(H,40,48)(H,42,46). The SMILES string of the molecule is CCCCCC(C(=O)NCNC(=O)c1cccc(-c2ccc(C(=O)NC(CC(=O)OC)C(=O)OC)cc2)n1)C(CC)N(C=O)OCc1ccccc1. The van der Waals surface area contributed by atoms with E-state index in [9.17, 15) is 28.8 Å². The van der Waals surface area contributed by atoms with E-state index in [4.69, 9.17) is 4.84 Å². The molecule has 0 aliphatic heterocycles. The van der Waals surface area contributed by atoms with Crippen molar-refractivity contribution in [3.05, 3.63) is 89.6 Å². The quantitative estimate of drug-likeness (QED) is 0.0480. The Labute approximate surface area is 303 Å². The van der Waals surface area contributed by atoms with Crippen LogP contribution in [0.15, 0.2) is 72.8 Å². The first-order valence-corrected chi connectivity index (χ1v) is 17.1. The highest BCUT2D eigenvalue weighted by Gasteiger charge is 2.32. The Hall–Kier alpha value is -5.63. The molecule has 3 rings (SSSR count). The number of carbonyl (C=O) groups is 6. The van der Waals surface area contributed by atoms with Crippen LogP contribution < -0.4 is 16.0 Å². The fourth-order valence-electron chi connectivity index (χ4n) is 5.46. The molecule has 14 heteroatoms. The van der Waals surface area contributed by atoms with Crippen LogP contribution in [-0.4, -0.2) is 79.1 Å². The monoisotopic (exact) mass is 717 g/mol. The van der Waals surface area contributed by atoms with Gasteiger partial charge in [-0.05, 0) is 42.7 Å². The molecular weight excluding hydrogens is 670 g/mol. The lowest BCUT2D eigenvalue weighted by atomic mass is 9.90. The maximum absolute atomic E-state index is 13.5. The van der Waals surface area contributed by atoms with Gasteiger partial charge in [-0.1, -0.05) is 81.6 Å². The van der Waals surface area contributed by atoms with Crippen molar-refractivity contribution in [2.75, 3.05) is 20.9 Å². The minimum atomic E-state index is -1.23. The maximum atomic E-state index is 13.5. The molecule has 2 aromatic carbocycles.